The molecule has 0 bridgehead atoms. The molecule has 0 atom stereocenters. The number of nitrogens with zero attached hydrogens (tertiary/aromatic N) is 2. The number of pyridine rings is 1. The molecule has 3 rings (SSSR count). The van der Waals surface area contributed by atoms with Crippen LogP contribution in [0, 0.1) is 13.8 Å². The number of aromatic hydroxyl groups is 1. The van der Waals surface area contributed by atoms with Crippen molar-refractivity contribution in [2.24, 2.45) is 0 Å². The van der Waals surface area contributed by atoms with Gasteiger partial charge in [-0.1, -0.05) is 25.5 Å². The van der Waals surface area contributed by atoms with Crippen molar-refractivity contribution in [3.8, 4) is 5.75 Å². The van der Waals surface area contributed by atoms with Crippen LogP contribution in [0.3, 0.4) is 0 Å². The molecule has 0 radical (unpaired) electrons. The minimum absolute atomic E-state index is 0.0605. The van der Waals surface area contributed by atoms with Crippen molar-refractivity contribution < 1.29 is 9.90 Å². The summed E-state index contributed by atoms with van der Waals surface area (Å²) in [5.74, 6) is -0.207. The summed E-state index contributed by atoms with van der Waals surface area (Å²) in [6.45, 7) is 5.92. The van der Waals surface area contributed by atoms with E-state index in [1.54, 1.807) is 12.1 Å². The van der Waals surface area contributed by atoms with E-state index in [2.05, 4.69) is 17.2 Å². The zero-order valence-corrected chi connectivity index (χ0v) is 14.1. The van der Waals surface area contributed by atoms with Crippen LogP contribution < -0.4 is 5.32 Å². The Morgan fingerprint density at radius 2 is 2.08 bits per heavy atom. The van der Waals surface area contributed by atoms with E-state index in [0.29, 0.717) is 11.4 Å². The third-order valence-electron chi connectivity index (χ3n) is 4.02. The predicted molar refractivity (Wildman–Crippen MR) is 94.7 cm³/mol. The number of rotatable bonds is 4. The SMILES string of the molecule is CCCc1nc2c(C)cccn2c1C(=O)Nc1ccc(C)cc1O. The number of amides is 1. The summed E-state index contributed by atoms with van der Waals surface area (Å²) < 4.78 is 1.82. The summed E-state index contributed by atoms with van der Waals surface area (Å²) in [6, 6.07) is 9.06. The molecule has 2 N–H and O–H groups in total. The van der Waals surface area contributed by atoms with E-state index in [1.807, 2.05) is 42.6 Å². The van der Waals surface area contributed by atoms with E-state index in [1.165, 1.54) is 0 Å². The lowest BCUT2D eigenvalue weighted by atomic mass is 10.2. The molecule has 2 heterocycles. The van der Waals surface area contributed by atoms with Gasteiger partial charge in [0.25, 0.3) is 5.91 Å². The van der Waals surface area contributed by atoms with Crippen molar-refractivity contribution >= 4 is 17.2 Å². The number of carbonyl (C=O) groups is 1. The van der Waals surface area contributed by atoms with E-state index >= 15 is 0 Å². The number of benzene rings is 1. The van der Waals surface area contributed by atoms with Gasteiger partial charge in [-0.15, -0.1) is 0 Å². The number of aromatic nitrogens is 2. The van der Waals surface area contributed by atoms with Crippen LogP contribution in [-0.4, -0.2) is 20.4 Å². The van der Waals surface area contributed by atoms with Crippen LogP contribution in [0.1, 0.15) is 40.7 Å². The van der Waals surface area contributed by atoms with Gasteiger partial charge < -0.3 is 10.4 Å². The highest BCUT2D eigenvalue weighted by Crippen LogP contribution is 2.25. The second-order valence-electron chi connectivity index (χ2n) is 6.02. The maximum absolute atomic E-state index is 12.9. The Labute approximate surface area is 141 Å². The number of imidazole rings is 1. The van der Waals surface area contributed by atoms with E-state index in [9.17, 15) is 9.90 Å². The van der Waals surface area contributed by atoms with Gasteiger partial charge in [0.2, 0.25) is 0 Å². The van der Waals surface area contributed by atoms with Crippen molar-refractivity contribution in [2.75, 3.05) is 5.32 Å². The van der Waals surface area contributed by atoms with Gasteiger partial charge in [-0.25, -0.2) is 4.98 Å². The molecule has 5 heteroatoms. The maximum atomic E-state index is 12.9. The molecular weight excluding hydrogens is 302 g/mol. The topological polar surface area (TPSA) is 66.6 Å². The molecular formula is C19H21N3O2. The van der Waals surface area contributed by atoms with Gasteiger partial charge in [0.15, 0.2) is 0 Å². The van der Waals surface area contributed by atoms with Crippen molar-refractivity contribution in [2.45, 2.75) is 33.6 Å². The fourth-order valence-electron chi connectivity index (χ4n) is 2.83. The Bertz CT molecular complexity index is 912. The van der Waals surface area contributed by atoms with Crippen molar-refractivity contribution in [1.82, 2.24) is 9.38 Å². The first-order valence-electron chi connectivity index (χ1n) is 8.08. The fourth-order valence-corrected chi connectivity index (χ4v) is 2.83. The zero-order chi connectivity index (χ0) is 17.3. The number of phenols is 1. The smallest absolute Gasteiger partial charge is 0.274 e. The summed E-state index contributed by atoms with van der Waals surface area (Å²) in [7, 11) is 0. The minimum atomic E-state index is -0.268. The monoisotopic (exact) mass is 323 g/mol. The van der Waals surface area contributed by atoms with Gasteiger partial charge in [0.1, 0.15) is 17.1 Å². The first kappa shape index (κ1) is 16.1. The van der Waals surface area contributed by atoms with Crippen molar-refractivity contribution in [3.05, 3.63) is 59.0 Å². The minimum Gasteiger partial charge on any atom is -0.506 e. The van der Waals surface area contributed by atoms with Gasteiger partial charge in [-0.2, -0.15) is 0 Å². The van der Waals surface area contributed by atoms with Crippen LogP contribution in [0.4, 0.5) is 5.69 Å². The molecule has 124 valence electrons. The first-order valence-corrected chi connectivity index (χ1v) is 8.08. The Kier molecular flexibility index (Phi) is 4.25. The van der Waals surface area contributed by atoms with Gasteiger partial charge in [-0.3, -0.25) is 9.20 Å². The Morgan fingerprint density at radius 1 is 1.29 bits per heavy atom. The van der Waals surface area contributed by atoms with E-state index in [0.717, 1.165) is 35.3 Å². The molecule has 0 aliphatic heterocycles. The Balaban J connectivity index is 2.05. The lowest BCUT2D eigenvalue weighted by molar-refractivity contribution is 0.102. The highest BCUT2D eigenvalue weighted by Gasteiger charge is 2.20. The zero-order valence-electron chi connectivity index (χ0n) is 14.1. The molecule has 0 unspecified atom stereocenters. The summed E-state index contributed by atoms with van der Waals surface area (Å²) in [6.07, 6.45) is 3.47. The molecule has 0 aliphatic carbocycles. The molecule has 0 spiro atoms. The largest absolute Gasteiger partial charge is 0.506 e. The van der Waals surface area contributed by atoms with E-state index in [4.69, 9.17) is 0 Å². The molecule has 0 aliphatic rings. The molecule has 1 aromatic carbocycles. The van der Waals surface area contributed by atoms with Gasteiger partial charge in [-0.05, 0) is 49.6 Å². The van der Waals surface area contributed by atoms with Crippen LogP contribution >= 0.6 is 0 Å². The van der Waals surface area contributed by atoms with Gasteiger partial charge in [0.05, 0.1) is 11.4 Å². The Hall–Kier alpha value is -2.82. The van der Waals surface area contributed by atoms with Crippen LogP contribution in [0.2, 0.25) is 0 Å². The second-order valence-corrected chi connectivity index (χ2v) is 6.02. The van der Waals surface area contributed by atoms with Crippen LogP contribution in [0.25, 0.3) is 5.65 Å². The lowest BCUT2D eigenvalue weighted by Crippen LogP contribution is -2.16. The number of hydrogen-bond donors (Lipinski definition) is 2. The van der Waals surface area contributed by atoms with Gasteiger partial charge in [0, 0.05) is 6.20 Å². The summed E-state index contributed by atoms with van der Waals surface area (Å²) in [5, 5.41) is 12.8. The number of hydrogen-bond acceptors (Lipinski definition) is 3. The maximum Gasteiger partial charge on any atom is 0.274 e. The van der Waals surface area contributed by atoms with Crippen LogP contribution in [0.5, 0.6) is 5.75 Å². The normalized spacial score (nSPS) is 11.0. The summed E-state index contributed by atoms with van der Waals surface area (Å²) >= 11 is 0. The number of phenolic OH excluding ortho intramolecular Hbond substituents is 1. The third kappa shape index (κ3) is 2.85. The summed E-state index contributed by atoms with van der Waals surface area (Å²) in [5.41, 5.74) is 4.44. The molecule has 0 saturated heterocycles. The molecule has 1 amide bonds. The average Bonchev–Trinajstić information content (AvgIpc) is 2.90. The van der Waals surface area contributed by atoms with E-state index < -0.39 is 0 Å². The third-order valence-corrected chi connectivity index (χ3v) is 4.02. The number of carbonyl (C=O) groups excluding carboxylic acids is 1. The molecule has 5 nitrogen and oxygen atoms in total. The van der Waals surface area contributed by atoms with Crippen molar-refractivity contribution in [3.63, 3.8) is 0 Å². The fraction of sp³-hybridized carbons (Fsp3) is 0.263. The van der Waals surface area contributed by atoms with Crippen LogP contribution in [0.15, 0.2) is 36.5 Å². The molecule has 24 heavy (non-hydrogen) atoms. The number of nitrogens with one attached hydrogen (secondary N) is 1. The standard InChI is InChI=1S/C19H21N3O2/c1-4-6-15-17(22-10-5-7-13(3)18(22)20-15)19(24)21-14-9-8-12(2)11-16(14)23/h5,7-11,23H,4,6H2,1-3H3,(H,21,24). The molecule has 0 saturated carbocycles. The average molecular weight is 323 g/mol. The second kappa shape index (κ2) is 6.35. The highest BCUT2D eigenvalue weighted by atomic mass is 16.3. The van der Waals surface area contributed by atoms with E-state index in [-0.39, 0.29) is 11.7 Å². The number of anilines is 1. The summed E-state index contributed by atoms with van der Waals surface area (Å²) in [4.78, 5) is 17.5. The highest BCUT2D eigenvalue weighted by molar-refractivity contribution is 6.05. The molecule has 0 fully saturated rings. The molecule has 3 aromatic rings. The quantitative estimate of drug-likeness (QED) is 0.716. The lowest BCUT2D eigenvalue weighted by Gasteiger charge is -2.09. The Morgan fingerprint density at radius 3 is 2.79 bits per heavy atom. The number of fused-ring (bicyclic) bond motifs is 1. The predicted octanol–water partition coefficient (Wildman–Crippen LogP) is 3.86. The van der Waals surface area contributed by atoms with Crippen molar-refractivity contribution in [1.29, 1.82) is 0 Å². The number of aryl methyl sites for hydroxylation is 3. The first-order chi connectivity index (χ1) is 11.5. The van der Waals surface area contributed by atoms with Gasteiger partial charge >= 0.3 is 0 Å². The van der Waals surface area contributed by atoms with Crippen LogP contribution in [-0.2, 0) is 6.42 Å². The molecule has 2 aromatic heterocycles.